The van der Waals surface area contributed by atoms with Crippen molar-refractivity contribution in [1.29, 1.82) is 0 Å². The fourth-order valence-electron chi connectivity index (χ4n) is 1.28. The van der Waals surface area contributed by atoms with Gasteiger partial charge in [-0.15, -0.1) is 13.2 Å². The van der Waals surface area contributed by atoms with Crippen LogP contribution in [0.1, 0.15) is 0 Å². The Hall–Kier alpha value is -1.25. The lowest BCUT2D eigenvalue weighted by Crippen LogP contribution is -2.20. The van der Waals surface area contributed by atoms with Gasteiger partial charge in [-0.25, -0.2) is 0 Å². The van der Waals surface area contributed by atoms with E-state index in [-0.39, 0.29) is 5.69 Å². The Morgan fingerprint density at radius 3 is 2.05 bits per heavy atom. The average Bonchev–Trinajstić information content (AvgIpc) is 2.15. The Bertz CT molecular complexity index is 443. The zero-order chi connectivity index (χ0) is 14.8. The van der Waals surface area contributed by atoms with Crippen LogP contribution in [0.4, 0.5) is 32.0 Å². The van der Waals surface area contributed by atoms with Gasteiger partial charge in [0.2, 0.25) is 0 Å². The van der Waals surface area contributed by atoms with E-state index < -0.39 is 34.3 Å². The van der Waals surface area contributed by atoms with Crippen molar-refractivity contribution in [3.8, 4) is 5.75 Å². The molecule has 9 heteroatoms. The molecule has 1 rings (SSSR count). The van der Waals surface area contributed by atoms with Crippen LogP contribution in [0.15, 0.2) is 23.1 Å². The van der Waals surface area contributed by atoms with E-state index in [1.165, 1.54) is 31.1 Å². The monoisotopic (exact) mass is 305 g/mol. The Morgan fingerprint density at radius 2 is 1.63 bits per heavy atom. The molecule has 2 nitrogen and oxygen atoms in total. The molecule has 0 atom stereocenters. The SMILES string of the molecule is CN(C)c1cccc(SC(F)(F)F)c1OC(F)(F)F. The lowest BCUT2D eigenvalue weighted by molar-refractivity contribution is -0.275. The van der Waals surface area contributed by atoms with Gasteiger partial charge in [0, 0.05) is 14.1 Å². The minimum atomic E-state index is -5.06. The highest BCUT2D eigenvalue weighted by Crippen LogP contribution is 2.46. The van der Waals surface area contributed by atoms with Crippen molar-refractivity contribution in [3.63, 3.8) is 0 Å². The van der Waals surface area contributed by atoms with Gasteiger partial charge in [0.25, 0.3) is 0 Å². The van der Waals surface area contributed by atoms with Gasteiger partial charge in [0.1, 0.15) is 0 Å². The van der Waals surface area contributed by atoms with E-state index in [0.717, 1.165) is 6.07 Å². The number of thioether (sulfide) groups is 1. The van der Waals surface area contributed by atoms with Crippen LogP contribution in [0.3, 0.4) is 0 Å². The van der Waals surface area contributed by atoms with Crippen LogP contribution in [-0.4, -0.2) is 26.0 Å². The van der Waals surface area contributed by atoms with E-state index in [2.05, 4.69) is 4.74 Å². The second kappa shape index (κ2) is 5.40. The first-order valence-electron chi connectivity index (χ1n) is 4.81. The highest BCUT2D eigenvalue weighted by Gasteiger charge is 2.37. The summed E-state index contributed by atoms with van der Waals surface area (Å²) in [5.74, 6) is -0.859. The Kier molecular flexibility index (Phi) is 4.49. The van der Waals surface area contributed by atoms with Crippen molar-refractivity contribution in [2.24, 2.45) is 0 Å². The van der Waals surface area contributed by atoms with Gasteiger partial charge in [-0.2, -0.15) is 13.2 Å². The molecule has 1 aromatic carbocycles. The molecule has 1 aromatic rings. The number of hydrogen-bond acceptors (Lipinski definition) is 3. The van der Waals surface area contributed by atoms with Gasteiger partial charge in [0.05, 0.1) is 10.6 Å². The fourth-order valence-corrected chi connectivity index (χ4v) is 1.91. The molecule has 0 spiro atoms. The molecule has 0 aliphatic carbocycles. The molecule has 0 radical (unpaired) electrons. The first kappa shape index (κ1) is 15.8. The molecule has 0 aliphatic heterocycles. The Balaban J connectivity index is 3.26. The summed E-state index contributed by atoms with van der Waals surface area (Å²) < 4.78 is 77.4. The maximum atomic E-state index is 12.3. The van der Waals surface area contributed by atoms with E-state index in [0.29, 0.717) is 0 Å². The van der Waals surface area contributed by atoms with Crippen molar-refractivity contribution in [2.45, 2.75) is 16.8 Å². The van der Waals surface area contributed by atoms with Gasteiger partial charge in [0.15, 0.2) is 5.75 Å². The first-order valence-corrected chi connectivity index (χ1v) is 5.63. The summed E-state index contributed by atoms with van der Waals surface area (Å²) in [7, 11) is 2.81. The number of para-hydroxylation sites is 1. The lowest BCUT2D eigenvalue weighted by atomic mass is 10.3. The van der Waals surface area contributed by atoms with Crippen LogP contribution in [0, 0.1) is 0 Å². The standard InChI is InChI=1S/C10H9F6NOS/c1-17(2)6-4-3-5-7(19-10(14,15)16)8(6)18-9(11,12)13/h3-5H,1-2H3. The zero-order valence-corrected chi connectivity index (χ0v) is 10.6. The third-order valence-electron chi connectivity index (χ3n) is 1.88. The number of hydrogen-bond donors (Lipinski definition) is 0. The maximum absolute atomic E-state index is 12.3. The number of benzene rings is 1. The molecule has 0 bridgehead atoms. The topological polar surface area (TPSA) is 12.5 Å². The van der Waals surface area contributed by atoms with Crippen molar-refractivity contribution in [3.05, 3.63) is 18.2 Å². The minimum Gasteiger partial charge on any atom is -0.402 e. The highest BCUT2D eigenvalue weighted by atomic mass is 32.2. The molecule has 0 aliphatic rings. The van der Waals surface area contributed by atoms with Crippen molar-refractivity contribution in [1.82, 2.24) is 0 Å². The van der Waals surface area contributed by atoms with E-state index >= 15 is 0 Å². The van der Waals surface area contributed by atoms with Crippen LogP contribution in [0.5, 0.6) is 5.75 Å². The number of anilines is 1. The molecule has 0 saturated heterocycles. The second-order valence-corrected chi connectivity index (χ2v) is 4.70. The van der Waals surface area contributed by atoms with E-state index in [1.807, 2.05) is 0 Å². The molecule has 0 N–H and O–H groups in total. The molecular weight excluding hydrogens is 296 g/mol. The first-order chi connectivity index (χ1) is 8.49. The summed E-state index contributed by atoms with van der Waals surface area (Å²) in [6, 6.07) is 3.39. The average molecular weight is 305 g/mol. The number of nitrogens with zero attached hydrogens (tertiary/aromatic N) is 1. The molecule has 0 heterocycles. The summed E-state index contributed by atoms with van der Waals surface area (Å²) in [5, 5.41) is 0. The molecule has 0 saturated carbocycles. The number of halogens is 6. The van der Waals surface area contributed by atoms with Gasteiger partial charge >= 0.3 is 11.9 Å². The summed E-state index contributed by atoms with van der Waals surface area (Å²) in [4.78, 5) is 0.595. The van der Waals surface area contributed by atoms with E-state index in [1.54, 1.807) is 0 Å². The molecule has 0 aromatic heterocycles. The fraction of sp³-hybridized carbons (Fsp3) is 0.400. The minimum absolute atomic E-state index is 0.0911. The predicted octanol–water partition coefficient (Wildman–Crippen LogP) is 4.26. The van der Waals surface area contributed by atoms with Crippen molar-refractivity contribution >= 4 is 17.4 Å². The van der Waals surface area contributed by atoms with Gasteiger partial charge < -0.3 is 9.64 Å². The van der Waals surface area contributed by atoms with E-state index in [9.17, 15) is 26.3 Å². The second-order valence-electron chi connectivity index (χ2n) is 3.59. The molecule has 0 amide bonds. The Morgan fingerprint density at radius 1 is 1.05 bits per heavy atom. The largest absolute Gasteiger partial charge is 0.573 e. The van der Waals surface area contributed by atoms with Crippen LogP contribution in [-0.2, 0) is 0 Å². The summed E-state index contributed by atoms with van der Waals surface area (Å²) in [6.07, 6.45) is -5.06. The summed E-state index contributed by atoms with van der Waals surface area (Å²) in [5.41, 5.74) is -4.79. The van der Waals surface area contributed by atoms with Gasteiger partial charge in [-0.1, -0.05) is 6.07 Å². The third kappa shape index (κ3) is 5.09. The number of ether oxygens (including phenoxy) is 1. The molecular formula is C10H9F6NOS. The smallest absolute Gasteiger partial charge is 0.402 e. The van der Waals surface area contributed by atoms with Crippen LogP contribution < -0.4 is 9.64 Å². The van der Waals surface area contributed by atoms with Gasteiger partial charge in [-0.3, -0.25) is 0 Å². The van der Waals surface area contributed by atoms with Gasteiger partial charge in [-0.05, 0) is 23.9 Å². The lowest BCUT2D eigenvalue weighted by Gasteiger charge is -2.21. The summed E-state index contributed by atoms with van der Waals surface area (Å²) >= 11 is -0.652. The summed E-state index contributed by atoms with van der Waals surface area (Å²) in [6.45, 7) is 0. The van der Waals surface area contributed by atoms with Crippen molar-refractivity contribution in [2.75, 3.05) is 19.0 Å². The van der Waals surface area contributed by atoms with Crippen molar-refractivity contribution < 1.29 is 31.1 Å². The van der Waals surface area contributed by atoms with E-state index in [4.69, 9.17) is 0 Å². The highest BCUT2D eigenvalue weighted by molar-refractivity contribution is 8.00. The van der Waals surface area contributed by atoms with Crippen LogP contribution >= 0.6 is 11.8 Å². The quantitative estimate of drug-likeness (QED) is 0.611. The number of rotatable bonds is 3. The molecule has 19 heavy (non-hydrogen) atoms. The molecule has 108 valence electrons. The third-order valence-corrected chi connectivity index (χ3v) is 2.66. The number of alkyl halides is 6. The molecule has 0 unspecified atom stereocenters. The normalized spacial score (nSPS) is 12.4. The molecule has 0 fully saturated rings. The van der Waals surface area contributed by atoms with Crippen LogP contribution in [0.25, 0.3) is 0 Å². The predicted molar refractivity (Wildman–Crippen MR) is 59.4 cm³/mol. The Labute approximate surface area is 109 Å². The zero-order valence-electron chi connectivity index (χ0n) is 9.76. The maximum Gasteiger partial charge on any atom is 0.573 e. The van der Waals surface area contributed by atoms with Crippen LogP contribution in [0.2, 0.25) is 0 Å².